The molecule has 28 heavy (non-hydrogen) atoms. The number of hydrogen-bond donors (Lipinski definition) is 1. The van der Waals surface area contributed by atoms with E-state index in [1.54, 1.807) is 13.8 Å². The summed E-state index contributed by atoms with van der Waals surface area (Å²) in [5.41, 5.74) is 2.04. The van der Waals surface area contributed by atoms with Gasteiger partial charge in [-0.15, -0.1) is 11.8 Å². The third-order valence-corrected chi connectivity index (χ3v) is 5.38. The van der Waals surface area contributed by atoms with Crippen molar-refractivity contribution in [1.29, 1.82) is 0 Å². The first-order valence-electron chi connectivity index (χ1n) is 8.78. The van der Waals surface area contributed by atoms with Crippen LogP contribution in [0.25, 0.3) is 0 Å². The van der Waals surface area contributed by atoms with Crippen molar-refractivity contribution in [2.75, 3.05) is 12.4 Å². The fourth-order valence-corrected chi connectivity index (χ4v) is 3.97. The maximum Gasteiger partial charge on any atom is 0.416 e. The van der Waals surface area contributed by atoms with E-state index >= 15 is 0 Å². The van der Waals surface area contributed by atoms with E-state index in [-0.39, 0.29) is 40.8 Å². The maximum absolute atomic E-state index is 13.9. The van der Waals surface area contributed by atoms with Crippen molar-refractivity contribution in [2.45, 2.75) is 44.2 Å². The van der Waals surface area contributed by atoms with Crippen LogP contribution < -0.4 is 5.48 Å². The molecular weight excluding hydrogens is 398 g/mol. The van der Waals surface area contributed by atoms with Gasteiger partial charge >= 0.3 is 6.18 Å². The summed E-state index contributed by atoms with van der Waals surface area (Å²) in [5.74, 6) is -1.25. The summed E-state index contributed by atoms with van der Waals surface area (Å²) in [6, 6.07) is 2.41. The minimum absolute atomic E-state index is 0.110. The van der Waals surface area contributed by atoms with Crippen LogP contribution >= 0.6 is 11.8 Å². The van der Waals surface area contributed by atoms with E-state index in [9.17, 15) is 27.2 Å². The molecule has 4 nitrogen and oxygen atoms in total. The number of benzene rings is 1. The fraction of sp³-hybridized carbons (Fsp3) is 0.474. The molecule has 0 radical (unpaired) electrons. The molecule has 0 amide bonds. The molecule has 0 heterocycles. The number of thioether (sulfide) groups is 1. The number of allylic oxidation sites excluding steroid dienone is 2. The summed E-state index contributed by atoms with van der Waals surface area (Å²) in [7, 11) is 0. The average Bonchev–Trinajstić information content (AvgIpc) is 2.59. The number of Topliss-reactive ketones (excluding diaryl/α,β-unsaturated/α-hetero) is 2. The molecule has 0 bridgehead atoms. The number of carbonyl (C=O) groups is 2. The Morgan fingerprint density at radius 1 is 1.25 bits per heavy atom. The Morgan fingerprint density at radius 3 is 2.43 bits per heavy atom. The van der Waals surface area contributed by atoms with E-state index in [0.29, 0.717) is 30.5 Å². The molecule has 1 aromatic rings. The molecule has 9 heteroatoms. The number of nitrogens with one attached hydrogen (secondary N) is 1. The molecule has 1 aromatic carbocycles. The van der Waals surface area contributed by atoms with Gasteiger partial charge in [0, 0.05) is 23.4 Å². The molecule has 1 N–H and O–H groups in total. The lowest BCUT2D eigenvalue weighted by atomic mass is 9.82. The Labute approximate surface area is 164 Å². The number of alkyl halides is 3. The highest BCUT2D eigenvalue weighted by Crippen LogP contribution is 2.34. The standard InChI is InChI=1S/C19H21F4NO3S/c1-3-27-24-11(2)18-15(25)8-12(9-16(18)26)6-7-28-17-5-4-13(10-14(17)20)19(21,22)23/h4-5,10,12,24H,3,6-9H2,1-2H3. The van der Waals surface area contributed by atoms with Gasteiger partial charge in [0.25, 0.3) is 0 Å². The first-order valence-corrected chi connectivity index (χ1v) is 9.76. The molecular formula is C19H21F4NO3S. The van der Waals surface area contributed by atoms with Crippen LogP contribution in [-0.4, -0.2) is 23.9 Å². The van der Waals surface area contributed by atoms with Gasteiger partial charge in [0.1, 0.15) is 5.82 Å². The molecule has 0 aromatic heterocycles. The number of hydroxylamine groups is 1. The molecule has 1 fully saturated rings. The number of ketones is 2. The molecule has 1 aliphatic carbocycles. The Hall–Kier alpha value is -1.87. The molecule has 0 unspecified atom stereocenters. The molecule has 1 aliphatic rings. The fourth-order valence-electron chi connectivity index (χ4n) is 2.94. The van der Waals surface area contributed by atoms with Gasteiger partial charge in [-0.25, -0.2) is 4.39 Å². The molecule has 0 saturated heterocycles. The molecule has 1 saturated carbocycles. The highest BCUT2D eigenvalue weighted by atomic mass is 32.2. The molecule has 0 aliphatic heterocycles. The monoisotopic (exact) mass is 419 g/mol. The molecule has 2 rings (SSSR count). The maximum atomic E-state index is 13.9. The highest BCUT2D eigenvalue weighted by molar-refractivity contribution is 7.99. The average molecular weight is 419 g/mol. The summed E-state index contributed by atoms with van der Waals surface area (Å²) in [6.07, 6.45) is -3.72. The lowest BCUT2D eigenvalue weighted by Gasteiger charge is -2.23. The van der Waals surface area contributed by atoms with Crippen molar-refractivity contribution in [2.24, 2.45) is 5.92 Å². The van der Waals surface area contributed by atoms with E-state index in [1.807, 2.05) is 0 Å². The van der Waals surface area contributed by atoms with Crippen LogP contribution in [0, 0.1) is 11.7 Å². The lowest BCUT2D eigenvalue weighted by molar-refractivity contribution is -0.137. The van der Waals surface area contributed by atoms with E-state index in [1.165, 1.54) is 0 Å². The normalized spacial score (nSPS) is 17.8. The van der Waals surface area contributed by atoms with Gasteiger partial charge in [0.2, 0.25) is 0 Å². The first kappa shape index (κ1) is 22.4. The predicted octanol–water partition coefficient (Wildman–Crippen LogP) is 4.69. The zero-order chi connectivity index (χ0) is 20.9. The summed E-state index contributed by atoms with van der Waals surface area (Å²) >= 11 is 1.07. The largest absolute Gasteiger partial charge is 0.416 e. The zero-order valence-electron chi connectivity index (χ0n) is 15.5. The second-order valence-corrected chi connectivity index (χ2v) is 7.57. The smallest absolute Gasteiger partial charge is 0.294 e. The zero-order valence-corrected chi connectivity index (χ0v) is 16.3. The quantitative estimate of drug-likeness (QED) is 0.228. The van der Waals surface area contributed by atoms with Gasteiger partial charge in [0.15, 0.2) is 11.6 Å². The van der Waals surface area contributed by atoms with Crippen molar-refractivity contribution in [3.05, 3.63) is 40.8 Å². The first-order chi connectivity index (χ1) is 13.1. The van der Waals surface area contributed by atoms with Gasteiger partial charge in [-0.05, 0) is 50.1 Å². The van der Waals surface area contributed by atoms with Crippen molar-refractivity contribution in [1.82, 2.24) is 5.48 Å². The Morgan fingerprint density at radius 2 is 1.89 bits per heavy atom. The minimum atomic E-state index is -4.59. The molecule has 154 valence electrons. The van der Waals surface area contributed by atoms with E-state index in [2.05, 4.69) is 5.48 Å². The van der Waals surface area contributed by atoms with Crippen LogP contribution in [0.1, 0.15) is 38.7 Å². The van der Waals surface area contributed by atoms with E-state index in [4.69, 9.17) is 4.84 Å². The summed E-state index contributed by atoms with van der Waals surface area (Å²) in [6.45, 7) is 3.75. The summed E-state index contributed by atoms with van der Waals surface area (Å²) in [4.78, 5) is 29.7. The topological polar surface area (TPSA) is 55.4 Å². The second-order valence-electron chi connectivity index (χ2n) is 6.44. The van der Waals surface area contributed by atoms with Crippen LogP contribution in [0.5, 0.6) is 0 Å². The number of hydrogen-bond acceptors (Lipinski definition) is 5. The summed E-state index contributed by atoms with van der Waals surface area (Å²) < 4.78 is 51.6. The second kappa shape index (κ2) is 9.56. The SMILES string of the molecule is CCONC(C)=C1C(=O)CC(CCSc2ccc(C(F)(F)F)cc2F)CC1=O. The molecule has 0 spiro atoms. The van der Waals surface area contributed by atoms with Crippen molar-refractivity contribution >= 4 is 23.3 Å². The lowest BCUT2D eigenvalue weighted by Crippen LogP contribution is -2.30. The summed E-state index contributed by atoms with van der Waals surface area (Å²) in [5, 5.41) is 0. The third-order valence-electron chi connectivity index (χ3n) is 4.29. The Bertz CT molecular complexity index is 757. The van der Waals surface area contributed by atoms with Gasteiger partial charge in [-0.1, -0.05) is 0 Å². The number of carbonyl (C=O) groups excluding carboxylic acids is 2. The highest BCUT2D eigenvalue weighted by Gasteiger charge is 2.33. The van der Waals surface area contributed by atoms with Crippen LogP contribution in [0.4, 0.5) is 17.6 Å². The van der Waals surface area contributed by atoms with Crippen LogP contribution in [0.2, 0.25) is 0 Å². The van der Waals surface area contributed by atoms with Crippen molar-refractivity contribution in [3.63, 3.8) is 0 Å². The van der Waals surface area contributed by atoms with E-state index < -0.39 is 17.6 Å². The predicted molar refractivity (Wildman–Crippen MR) is 96.9 cm³/mol. The third kappa shape index (κ3) is 5.81. The van der Waals surface area contributed by atoms with Crippen LogP contribution in [0.15, 0.2) is 34.4 Å². The number of halogens is 4. The Balaban J connectivity index is 1.91. The van der Waals surface area contributed by atoms with Gasteiger partial charge < -0.3 is 0 Å². The number of rotatable bonds is 7. The van der Waals surface area contributed by atoms with E-state index in [0.717, 1.165) is 23.9 Å². The van der Waals surface area contributed by atoms with Crippen LogP contribution in [-0.2, 0) is 20.6 Å². The van der Waals surface area contributed by atoms with Gasteiger partial charge in [-0.3, -0.25) is 19.9 Å². The molecule has 0 atom stereocenters. The van der Waals surface area contributed by atoms with Crippen molar-refractivity contribution < 1.29 is 32.0 Å². The van der Waals surface area contributed by atoms with Gasteiger partial charge in [0.05, 0.1) is 17.7 Å². The Kier molecular flexibility index (Phi) is 7.65. The minimum Gasteiger partial charge on any atom is -0.294 e. The van der Waals surface area contributed by atoms with Crippen molar-refractivity contribution in [3.8, 4) is 0 Å². The van der Waals surface area contributed by atoms with Gasteiger partial charge in [-0.2, -0.15) is 13.2 Å². The van der Waals surface area contributed by atoms with Crippen LogP contribution in [0.3, 0.4) is 0 Å².